The molecule has 1 saturated heterocycles. The number of H-pyrrole nitrogens is 1. The number of nitrogens with two attached hydrogens (primary N) is 1. The summed E-state index contributed by atoms with van der Waals surface area (Å²) in [6, 6.07) is 15.1. The average molecular weight is 636 g/mol. The van der Waals surface area contributed by atoms with Crippen LogP contribution in [0, 0.1) is 11.7 Å². The largest absolute Gasteiger partial charge is 0.383 e. The highest BCUT2D eigenvalue weighted by Gasteiger charge is 2.33. The molecule has 0 aliphatic carbocycles. The van der Waals surface area contributed by atoms with Crippen LogP contribution in [0.2, 0.25) is 0 Å². The van der Waals surface area contributed by atoms with Crippen molar-refractivity contribution in [2.24, 2.45) is 21.6 Å². The second-order valence-corrected chi connectivity index (χ2v) is 11.7. The Balaban J connectivity index is 1.06. The number of anilines is 1. The maximum absolute atomic E-state index is 14.5. The molecule has 11 nitrogen and oxygen atoms in total. The Kier molecular flexibility index (Phi) is 9.48. The highest BCUT2D eigenvalue weighted by atomic mass is 19.1. The van der Waals surface area contributed by atoms with Crippen molar-refractivity contribution >= 4 is 46.2 Å². The van der Waals surface area contributed by atoms with Crippen molar-refractivity contribution < 1.29 is 14.0 Å². The molecule has 6 rings (SSSR count). The zero-order valence-corrected chi connectivity index (χ0v) is 26.6. The van der Waals surface area contributed by atoms with Crippen LogP contribution in [0.5, 0.6) is 0 Å². The molecule has 3 N–H and O–H groups in total. The van der Waals surface area contributed by atoms with Crippen LogP contribution in [0.4, 0.5) is 10.1 Å². The van der Waals surface area contributed by atoms with Crippen LogP contribution in [0.1, 0.15) is 30.9 Å². The van der Waals surface area contributed by atoms with Gasteiger partial charge in [-0.2, -0.15) is 5.10 Å². The number of aromatic nitrogens is 3. The predicted molar refractivity (Wildman–Crippen MR) is 183 cm³/mol. The Hall–Kier alpha value is -5.23. The zero-order valence-electron chi connectivity index (χ0n) is 26.6. The first-order chi connectivity index (χ1) is 22.9. The number of benzene rings is 2. The van der Waals surface area contributed by atoms with Gasteiger partial charge in [0.05, 0.1) is 24.2 Å². The van der Waals surface area contributed by atoms with Gasteiger partial charge in [0.15, 0.2) is 5.82 Å². The number of rotatable bonds is 9. The Morgan fingerprint density at radius 3 is 2.72 bits per heavy atom. The molecule has 0 saturated carbocycles. The fourth-order valence-corrected chi connectivity index (χ4v) is 6.30. The van der Waals surface area contributed by atoms with Gasteiger partial charge in [0.2, 0.25) is 11.8 Å². The van der Waals surface area contributed by atoms with E-state index in [0.717, 1.165) is 40.3 Å². The lowest BCUT2D eigenvalue weighted by molar-refractivity contribution is -0.132. The summed E-state index contributed by atoms with van der Waals surface area (Å²) < 4.78 is 14.5. The molecule has 1 unspecified atom stereocenters. The molecule has 2 aromatic heterocycles. The summed E-state index contributed by atoms with van der Waals surface area (Å²) in [6.07, 6.45) is 7.67. The first-order valence-electron chi connectivity index (χ1n) is 15.8. The Morgan fingerprint density at radius 1 is 1.17 bits per heavy atom. The van der Waals surface area contributed by atoms with Crippen molar-refractivity contribution in [2.75, 3.05) is 51.2 Å². The van der Waals surface area contributed by atoms with Crippen molar-refractivity contribution in [3.8, 4) is 11.3 Å². The quantitative estimate of drug-likeness (QED) is 0.210. The van der Waals surface area contributed by atoms with Crippen molar-refractivity contribution in [3.63, 3.8) is 0 Å². The van der Waals surface area contributed by atoms with E-state index in [9.17, 15) is 14.0 Å². The summed E-state index contributed by atoms with van der Waals surface area (Å²) in [7, 11) is 1.64. The number of carbonyl (C=O) groups is 2. The van der Waals surface area contributed by atoms with Crippen LogP contribution < -0.4 is 10.6 Å². The van der Waals surface area contributed by atoms with Gasteiger partial charge in [0, 0.05) is 61.6 Å². The van der Waals surface area contributed by atoms with Crippen molar-refractivity contribution in [2.45, 2.75) is 19.8 Å². The van der Waals surface area contributed by atoms with E-state index in [2.05, 4.69) is 36.1 Å². The number of carbonyl (C=O) groups excluding carboxylic acids is 2. The molecule has 242 valence electrons. The molecule has 47 heavy (non-hydrogen) atoms. The van der Waals surface area contributed by atoms with E-state index in [1.165, 1.54) is 18.1 Å². The number of amidine groups is 1. The van der Waals surface area contributed by atoms with E-state index in [-0.39, 0.29) is 24.3 Å². The van der Waals surface area contributed by atoms with Crippen LogP contribution in [-0.2, 0) is 9.59 Å². The van der Waals surface area contributed by atoms with Gasteiger partial charge in [-0.1, -0.05) is 30.3 Å². The number of aliphatic imine (C=N–C) groups is 2. The smallest absolute Gasteiger partial charge is 0.237 e. The molecule has 1 atom stereocenters. The summed E-state index contributed by atoms with van der Waals surface area (Å²) in [5.74, 6) is -0.181. The standard InChI is InChI=1S/C35H38FN9O2/c1-3-45(27-8-9-31-29(18-27)33(42-41-31)28-10-14-39-19-30(28)36)35(47)26-11-15-43(20-26)21-32(46)44-16-12-24(13-17-44)23-4-6-25(7-5-23)34(37)40-22-38-2/h4-10,12,14,18-19,22,26H,3,11,13,15-17,20-21H2,1-2H3,(H,41,42)(H2,37,38,40). The highest BCUT2D eigenvalue weighted by molar-refractivity contribution is 6.02. The Bertz CT molecular complexity index is 1860. The normalized spacial score (nSPS) is 17.4. The number of amides is 2. The van der Waals surface area contributed by atoms with Crippen LogP contribution in [0.3, 0.4) is 0 Å². The maximum Gasteiger partial charge on any atom is 0.237 e. The number of pyridine rings is 1. The molecule has 0 radical (unpaired) electrons. The van der Waals surface area contributed by atoms with E-state index >= 15 is 0 Å². The van der Waals surface area contributed by atoms with Gasteiger partial charge in [0.1, 0.15) is 17.9 Å². The van der Waals surface area contributed by atoms with Crippen molar-refractivity contribution in [1.82, 2.24) is 25.0 Å². The number of nitrogens with one attached hydrogen (secondary N) is 1. The Labute approximate surface area is 272 Å². The molecular weight excluding hydrogens is 597 g/mol. The minimum atomic E-state index is -0.461. The average Bonchev–Trinajstić information content (AvgIpc) is 3.75. The van der Waals surface area contributed by atoms with Crippen LogP contribution in [0.25, 0.3) is 27.7 Å². The highest BCUT2D eigenvalue weighted by Crippen LogP contribution is 2.32. The summed E-state index contributed by atoms with van der Waals surface area (Å²) in [6.45, 7) is 5.12. The summed E-state index contributed by atoms with van der Waals surface area (Å²) in [4.78, 5) is 44.5. The van der Waals surface area contributed by atoms with Gasteiger partial charge in [0.25, 0.3) is 0 Å². The molecule has 2 amide bonds. The number of likely N-dealkylation sites (tertiary alicyclic amines) is 1. The number of nitrogens with zero attached hydrogens (tertiary/aromatic N) is 7. The van der Waals surface area contributed by atoms with Gasteiger partial charge in [-0.25, -0.2) is 9.38 Å². The summed E-state index contributed by atoms with van der Waals surface area (Å²) in [5.41, 5.74) is 11.4. The lowest BCUT2D eigenvalue weighted by atomic mass is 9.98. The SMILES string of the molecule is CCN(C(=O)C1CCN(CC(=O)N2CC=C(c3ccc(C(N)=NC=NC)cc3)CC2)C1)c1ccc2[nH]nc(-c3ccncc3F)c2c1. The number of fused-ring (bicyclic) bond motifs is 1. The lowest BCUT2D eigenvalue weighted by Gasteiger charge is -2.29. The third-order valence-electron chi connectivity index (χ3n) is 8.87. The monoisotopic (exact) mass is 635 g/mol. The van der Waals surface area contributed by atoms with E-state index in [1.807, 2.05) is 54.3 Å². The fraction of sp³-hybridized carbons (Fsp3) is 0.314. The van der Waals surface area contributed by atoms with Gasteiger partial charge in [-0.05, 0) is 61.7 Å². The van der Waals surface area contributed by atoms with Gasteiger partial charge in [-0.15, -0.1) is 0 Å². The van der Waals surface area contributed by atoms with Crippen molar-refractivity contribution in [1.29, 1.82) is 0 Å². The fourth-order valence-electron chi connectivity index (χ4n) is 6.30. The number of halogens is 1. The molecule has 2 aromatic carbocycles. The van der Waals surface area contributed by atoms with Gasteiger partial charge < -0.3 is 15.5 Å². The number of aromatic amines is 1. The molecule has 4 aromatic rings. The Morgan fingerprint density at radius 2 is 2.00 bits per heavy atom. The molecule has 4 heterocycles. The first-order valence-corrected chi connectivity index (χ1v) is 15.8. The second-order valence-electron chi connectivity index (χ2n) is 11.7. The third kappa shape index (κ3) is 6.82. The molecule has 12 heteroatoms. The van der Waals surface area contributed by atoms with E-state index in [0.29, 0.717) is 56.2 Å². The van der Waals surface area contributed by atoms with Crippen LogP contribution in [-0.4, -0.2) is 95.3 Å². The van der Waals surface area contributed by atoms with Gasteiger partial charge in [-0.3, -0.25) is 29.6 Å². The van der Waals surface area contributed by atoms with E-state index in [4.69, 9.17) is 5.73 Å². The van der Waals surface area contributed by atoms with E-state index < -0.39 is 5.82 Å². The molecule has 2 aliphatic rings. The van der Waals surface area contributed by atoms with Crippen LogP contribution in [0.15, 0.2) is 77.0 Å². The summed E-state index contributed by atoms with van der Waals surface area (Å²) >= 11 is 0. The van der Waals surface area contributed by atoms with Gasteiger partial charge >= 0.3 is 0 Å². The first kappa shape index (κ1) is 31.7. The molecule has 0 bridgehead atoms. The maximum atomic E-state index is 14.5. The lowest BCUT2D eigenvalue weighted by Crippen LogP contribution is -2.42. The zero-order chi connectivity index (χ0) is 32.9. The molecular formula is C35H38FN9O2. The second kappa shape index (κ2) is 14.0. The number of hydrogen-bond donors (Lipinski definition) is 2. The predicted octanol–water partition coefficient (Wildman–Crippen LogP) is 4.12. The van der Waals surface area contributed by atoms with E-state index in [1.54, 1.807) is 18.0 Å². The third-order valence-corrected chi connectivity index (χ3v) is 8.87. The van der Waals surface area contributed by atoms with Crippen molar-refractivity contribution in [3.05, 3.63) is 83.9 Å². The summed E-state index contributed by atoms with van der Waals surface area (Å²) in [5, 5.41) is 8.02. The topological polar surface area (TPSA) is 136 Å². The minimum Gasteiger partial charge on any atom is -0.383 e. The van der Waals surface area contributed by atoms with Crippen LogP contribution >= 0.6 is 0 Å². The molecule has 2 aliphatic heterocycles. The molecule has 0 spiro atoms. The minimum absolute atomic E-state index is 0.0185. The molecule has 1 fully saturated rings. The number of hydrogen-bond acceptors (Lipinski definition) is 6.